The van der Waals surface area contributed by atoms with Crippen molar-refractivity contribution < 1.29 is 9.13 Å². The SMILES string of the molecule is COc1cccc(F)c1CNc1ccc(/C(C(C)=N)=C(\C)N)c2nncn12. The zero-order valence-electron chi connectivity index (χ0n) is 15.4. The Morgan fingerprint density at radius 3 is 2.74 bits per heavy atom. The minimum absolute atomic E-state index is 0.227. The third kappa shape index (κ3) is 3.46. The highest BCUT2D eigenvalue weighted by Gasteiger charge is 2.16. The number of nitrogens with two attached hydrogens (primary N) is 1. The van der Waals surface area contributed by atoms with E-state index in [4.69, 9.17) is 15.9 Å². The maximum atomic E-state index is 14.1. The summed E-state index contributed by atoms with van der Waals surface area (Å²) in [5, 5.41) is 19.3. The first-order chi connectivity index (χ1) is 12.9. The van der Waals surface area contributed by atoms with Crippen LogP contribution < -0.4 is 15.8 Å². The molecule has 0 bridgehead atoms. The fourth-order valence-electron chi connectivity index (χ4n) is 3.04. The van der Waals surface area contributed by atoms with Crippen molar-refractivity contribution in [1.29, 1.82) is 5.41 Å². The Balaban J connectivity index is 1.99. The highest BCUT2D eigenvalue weighted by Crippen LogP contribution is 2.26. The summed E-state index contributed by atoms with van der Waals surface area (Å²) in [7, 11) is 1.51. The second kappa shape index (κ2) is 7.45. The Bertz CT molecular complexity index is 1040. The zero-order valence-corrected chi connectivity index (χ0v) is 15.4. The van der Waals surface area contributed by atoms with Gasteiger partial charge in [0.05, 0.1) is 7.11 Å². The van der Waals surface area contributed by atoms with Gasteiger partial charge in [0.2, 0.25) is 0 Å². The van der Waals surface area contributed by atoms with Gasteiger partial charge in [-0.15, -0.1) is 10.2 Å². The largest absolute Gasteiger partial charge is 0.496 e. The second-order valence-electron chi connectivity index (χ2n) is 6.11. The van der Waals surface area contributed by atoms with Crippen LogP contribution >= 0.6 is 0 Å². The van der Waals surface area contributed by atoms with Gasteiger partial charge in [-0.25, -0.2) is 4.39 Å². The molecule has 2 heterocycles. The number of methoxy groups -OCH3 is 1. The Labute approximate surface area is 156 Å². The van der Waals surface area contributed by atoms with E-state index in [9.17, 15) is 4.39 Å². The lowest BCUT2D eigenvalue weighted by Crippen LogP contribution is -2.10. The molecule has 0 aliphatic carbocycles. The van der Waals surface area contributed by atoms with Gasteiger partial charge >= 0.3 is 0 Å². The number of allylic oxidation sites excluding steroid dienone is 2. The number of halogens is 1. The molecule has 0 atom stereocenters. The molecule has 0 aliphatic heterocycles. The summed E-state index contributed by atoms with van der Waals surface area (Å²) in [5.41, 5.74) is 9.17. The first kappa shape index (κ1) is 18.4. The number of hydrogen-bond acceptors (Lipinski definition) is 6. The van der Waals surface area contributed by atoms with Crippen LogP contribution in [0.5, 0.6) is 5.75 Å². The van der Waals surface area contributed by atoms with Gasteiger partial charge in [-0.05, 0) is 38.1 Å². The van der Waals surface area contributed by atoms with E-state index in [1.54, 1.807) is 36.7 Å². The summed E-state index contributed by atoms with van der Waals surface area (Å²) in [6, 6.07) is 8.36. The first-order valence-corrected chi connectivity index (χ1v) is 8.34. The zero-order chi connectivity index (χ0) is 19.6. The smallest absolute Gasteiger partial charge is 0.170 e. The number of nitrogens with one attached hydrogen (secondary N) is 2. The lowest BCUT2D eigenvalue weighted by Gasteiger charge is -2.15. The van der Waals surface area contributed by atoms with Crippen molar-refractivity contribution in [2.24, 2.45) is 5.73 Å². The molecule has 3 rings (SSSR count). The summed E-state index contributed by atoms with van der Waals surface area (Å²) in [6.45, 7) is 3.65. The lowest BCUT2D eigenvalue weighted by atomic mass is 10.0. The van der Waals surface area contributed by atoms with E-state index >= 15 is 0 Å². The van der Waals surface area contributed by atoms with Crippen LogP contribution in [-0.2, 0) is 6.54 Å². The van der Waals surface area contributed by atoms with Gasteiger partial charge < -0.3 is 21.2 Å². The molecular weight excluding hydrogens is 347 g/mol. The molecular formula is C19H21FN6O. The lowest BCUT2D eigenvalue weighted by molar-refractivity contribution is 0.405. The van der Waals surface area contributed by atoms with Gasteiger partial charge in [-0.3, -0.25) is 4.40 Å². The summed E-state index contributed by atoms with van der Waals surface area (Å²) in [4.78, 5) is 0. The van der Waals surface area contributed by atoms with Crippen molar-refractivity contribution in [2.75, 3.05) is 12.4 Å². The van der Waals surface area contributed by atoms with Gasteiger partial charge in [0.1, 0.15) is 23.7 Å². The van der Waals surface area contributed by atoms with E-state index in [1.807, 2.05) is 12.1 Å². The van der Waals surface area contributed by atoms with E-state index in [2.05, 4.69) is 15.5 Å². The minimum atomic E-state index is -0.345. The van der Waals surface area contributed by atoms with Crippen LogP contribution in [0, 0.1) is 11.2 Å². The molecule has 0 fully saturated rings. The van der Waals surface area contributed by atoms with Crippen LogP contribution in [0.4, 0.5) is 10.2 Å². The number of benzene rings is 1. The summed E-state index contributed by atoms with van der Waals surface area (Å²) < 4.78 is 21.1. The van der Waals surface area contributed by atoms with Crippen molar-refractivity contribution >= 4 is 22.7 Å². The van der Waals surface area contributed by atoms with Crippen molar-refractivity contribution in [3.05, 3.63) is 59.3 Å². The predicted molar refractivity (Wildman–Crippen MR) is 103 cm³/mol. The highest BCUT2D eigenvalue weighted by atomic mass is 19.1. The number of fused-ring (bicyclic) bond motifs is 1. The second-order valence-corrected chi connectivity index (χ2v) is 6.11. The predicted octanol–water partition coefficient (Wildman–Crippen LogP) is 3.22. The molecule has 7 nitrogen and oxygen atoms in total. The number of anilines is 1. The van der Waals surface area contributed by atoms with Crippen LogP contribution in [0.25, 0.3) is 11.2 Å². The van der Waals surface area contributed by atoms with Crippen molar-refractivity contribution in [2.45, 2.75) is 20.4 Å². The Hall–Kier alpha value is -3.42. The van der Waals surface area contributed by atoms with Crippen molar-refractivity contribution in [3.63, 3.8) is 0 Å². The molecule has 0 spiro atoms. The van der Waals surface area contributed by atoms with Crippen LogP contribution in [0.1, 0.15) is 25.0 Å². The molecule has 8 heteroatoms. The molecule has 2 aromatic heterocycles. The van der Waals surface area contributed by atoms with Gasteiger partial charge in [0.25, 0.3) is 0 Å². The average molecular weight is 368 g/mol. The molecule has 0 saturated carbocycles. The number of ether oxygens (including phenoxy) is 1. The number of aromatic nitrogens is 3. The molecule has 140 valence electrons. The molecule has 0 saturated heterocycles. The molecule has 4 N–H and O–H groups in total. The fraction of sp³-hybridized carbons (Fsp3) is 0.211. The van der Waals surface area contributed by atoms with Crippen LogP contribution in [-0.4, -0.2) is 27.4 Å². The topological polar surface area (TPSA) is 101 Å². The molecule has 0 aliphatic rings. The molecule has 0 amide bonds. The van der Waals surface area contributed by atoms with E-state index < -0.39 is 0 Å². The molecule has 0 unspecified atom stereocenters. The summed E-state index contributed by atoms with van der Waals surface area (Å²) in [6.07, 6.45) is 1.56. The molecule has 1 aromatic carbocycles. The Morgan fingerprint density at radius 2 is 2.07 bits per heavy atom. The summed E-state index contributed by atoms with van der Waals surface area (Å²) in [5.74, 6) is 0.810. The standard InChI is InChI=1S/C19H21FN6O/c1-11(21)18(12(2)22)13-7-8-17(26-10-24-25-19(13)26)23-9-14-15(20)5-4-6-16(14)27-3/h4-8,10,21,23H,9,22H2,1-3H3/b18-12+,21-11?. The van der Waals surface area contributed by atoms with Gasteiger partial charge in [0.15, 0.2) is 5.65 Å². The Kier molecular flexibility index (Phi) is 5.07. The fourth-order valence-corrected chi connectivity index (χ4v) is 3.04. The van der Waals surface area contributed by atoms with E-state index in [1.165, 1.54) is 13.2 Å². The van der Waals surface area contributed by atoms with Gasteiger partial charge in [0, 0.05) is 34.7 Å². The van der Waals surface area contributed by atoms with Crippen LogP contribution in [0.3, 0.4) is 0 Å². The van der Waals surface area contributed by atoms with Crippen LogP contribution in [0.2, 0.25) is 0 Å². The van der Waals surface area contributed by atoms with Gasteiger partial charge in [-0.1, -0.05) is 6.07 Å². The normalized spacial score (nSPS) is 12.0. The monoisotopic (exact) mass is 368 g/mol. The third-order valence-electron chi connectivity index (χ3n) is 4.24. The maximum Gasteiger partial charge on any atom is 0.170 e. The molecule has 27 heavy (non-hydrogen) atoms. The highest BCUT2D eigenvalue weighted by molar-refractivity contribution is 6.23. The molecule has 0 radical (unpaired) electrons. The average Bonchev–Trinajstić information content (AvgIpc) is 3.11. The number of rotatable bonds is 6. The number of nitrogens with zero attached hydrogens (tertiary/aromatic N) is 3. The number of pyridine rings is 1. The van der Waals surface area contributed by atoms with Gasteiger partial charge in [-0.2, -0.15) is 0 Å². The maximum absolute atomic E-state index is 14.1. The molecule has 3 aromatic rings. The third-order valence-corrected chi connectivity index (χ3v) is 4.24. The van der Waals surface area contributed by atoms with E-state index in [-0.39, 0.29) is 12.4 Å². The Morgan fingerprint density at radius 1 is 1.30 bits per heavy atom. The summed E-state index contributed by atoms with van der Waals surface area (Å²) >= 11 is 0. The van der Waals surface area contributed by atoms with Crippen molar-refractivity contribution in [3.8, 4) is 5.75 Å². The van der Waals surface area contributed by atoms with E-state index in [0.717, 1.165) is 0 Å². The minimum Gasteiger partial charge on any atom is -0.496 e. The van der Waals surface area contributed by atoms with E-state index in [0.29, 0.717) is 45.3 Å². The van der Waals surface area contributed by atoms with Crippen molar-refractivity contribution in [1.82, 2.24) is 14.6 Å². The van der Waals surface area contributed by atoms with Crippen LogP contribution in [0.15, 0.2) is 42.4 Å². The first-order valence-electron chi connectivity index (χ1n) is 8.34. The quantitative estimate of drug-likeness (QED) is 0.580. The number of hydrogen-bond donors (Lipinski definition) is 3.